The highest BCUT2D eigenvalue weighted by Crippen LogP contribution is 2.17. The Hall–Kier alpha value is -5.40. The van der Waals surface area contributed by atoms with E-state index in [1.54, 1.807) is 6.20 Å². The Labute approximate surface area is 454 Å². The maximum atomic E-state index is 12.7. The number of ketones is 2. The lowest BCUT2D eigenvalue weighted by Gasteiger charge is -2.18. The predicted octanol–water partition coefficient (Wildman–Crippen LogP) is 3.39. The number of Topliss-reactive ketones (excluding diaryl/α,β-unsaturated/α-hetero) is 2. The number of carbonyl (C=O) groups excluding carboxylic acids is 6. The Balaban J connectivity index is 0.00000159. The molecule has 24 nitrogen and oxygen atoms in total. The Morgan fingerprint density at radius 2 is 1.13 bits per heavy atom. The van der Waals surface area contributed by atoms with Crippen molar-refractivity contribution in [2.45, 2.75) is 173 Å². The molecule has 4 amide bonds. The zero-order chi connectivity index (χ0) is 57.2. The summed E-state index contributed by atoms with van der Waals surface area (Å²) in [5.74, 6) is -5.10. The fourth-order valence-electron chi connectivity index (χ4n) is 7.58. The molecule has 0 bridgehead atoms. The smallest absolute Gasteiger partial charge is 0.326 e. The molecule has 1 aromatic rings. The van der Waals surface area contributed by atoms with Crippen LogP contribution >= 0.6 is 0 Å². The first-order chi connectivity index (χ1) is 37.1. The number of rotatable bonds is 52. The van der Waals surface area contributed by atoms with Crippen molar-refractivity contribution in [3.8, 4) is 0 Å². The van der Waals surface area contributed by atoms with Crippen LogP contribution < -0.4 is 32.3 Å². The molecule has 0 aliphatic rings. The summed E-state index contributed by atoms with van der Waals surface area (Å²) in [4.78, 5) is 111. The predicted molar refractivity (Wildman–Crippen MR) is 287 cm³/mol. The van der Waals surface area contributed by atoms with Gasteiger partial charge in [-0.2, -0.15) is 0 Å². The lowest BCUT2D eigenvalue weighted by Crippen LogP contribution is -2.41. The van der Waals surface area contributed by atoms with Crippen molar-refractivity contribution in [2.75, 3.05) is 86.1 Å². The van der Waals surface area contributed by atoms with E-state index >= 15 is 0 Å². The number of carboxylic acid groups (broad SMARTS) is 3. The van der Waals surface area contributed by atoms with Crippen LogP contribution in [0.25, 0.3) is 0 Å². The molecule has 1 heterocycles. The van der Waals surface area contributed by atoms with E-state index in [0.29, 0.717) is 77.3 Å². The number of nitrogens with zero attached hydrogens (tertiary/aromatic N) is 1. The number of hydrogen-bond donors (Lipinski definition) is 10. The summed E-state index contributed by atoms with van der Waals surface area (Å²) in [6.07, 6.45) is 22.1. The van der Waals surface area contributed by atoms with Gasteiger partial charge in [0.15, 0.2) is 5.78 Å². The molecule has 0 radical (unpaired) electrons. The molecule has 77 heavy (non-hydrogen) atoms. The molecule has 0 unspecified atom stereocenters. The van der Waals surface area contributed by atoms with Crippen molar-refractivity contribution >= 4 is 53.1 Å². The van der Waals surface area contributed by atoms with Crippen molar-refractivity contribution < 1.29 is 77.4 Å². The number of unbranched alkanes of at least 4 members (excludes halogenated alkanes) is 14. The molecule has 3 atom stereocenters. The van der Waals surface area contributed by atoms with Gasteiger partial charge in [-0.25, -0.2) is 9.78 Å². The summed E-state index contributed by atoms with van der Waals surface area (Å²) in [7, 11) is 1.49. The van der Waals surface area contributed by atoms with Gasteiger partial charge >= 0.3 is 17.9 Å². The molecule has 0 spiro atoms. The standard InChI is InChI=1S/C29H50N6O10.C24H44N2O6/c1-2-8-42-10-12-44-20-28(39)34-7-9-43-11-13-45-19-27(38)33-6-4-3-5-22(26(37)17-31-18-29(40)41)14-25(36)24(30)15-23-16-32-21-35-23;1-25-21(27)19-18-20(24(31)32)26-22(28)16-14-12-10-8-6-4-2-3-5-7-9-11-13-15-17-23(29)30/h16,21-22,24,31H,2-15,17-20,30H2,1H3,(H,32,35)(H,33,38)(H,34,39)(H,40,41);20H,2-19H2,1H3,(H,25,27)(H,26,28)(H,29,30)(H,31,32)/t22-,24+;20-/m10/s1. The largest absolute Gasteiger partial charge is 0.481 e. The zero-order valence-electron chi connectivity index (χ0n) is 46.0. The van der Waals surface area contributed by atoms with Crippen LogP contribution in [0.1, 0.15) is 160 Å². The molecule has 442 valence electrons. The van der Waals surface area contributed by atoms with Crippen molar-refractivity contribution in [3.63, 3.8) is 0 Å². The molecule has 1 aromatic heterocycles. The van der Waals surface area contributed by atoms with Gasteiger partial charge in [0, 0.05) is 76.7 Å². The molecule has 0 fully saturated rings. The van der Waals surface area contributed by atoms with E-state index in [9.17, 15) is 43.2 Å². The average Bonchev–Trinajstić information content (AvgIpc) is 3.91. The van der Waals surface area contributed by atoms with E-state index in [4.69, 9.17) is 40.0 Å². The number of nitrogens with one attached hydrogen (secondary N) is 6. The third-order valence-corrected chi connectivity index (χ3v) is 11.9. The summed E-state index contributed by atoms with van der Waals surface area (Å²) in [5.41, 5.74) is 6.74. The minimum atomic E-state index is -1.11. The molecule has 0 saturated carbocycles. The zero-order valence-corrected chi connectivity index (χ0v) is 46.0. The Bertz CT molecular complexity index is 1760. The molecule has 24 heteroatoms. The van der Waals surface area contributed by atoms with Gasteiger partial charge < -0.3 is 71.6 Å². The number of carbonyl (C=O) groups is 9. The SMILES string of the molecule is CCCOCCOCC(=O)NCCOCCOCC(=O)NCCCC[C@H](CC(=O)[C@@H](N)Cc1cnc[nH]1)C(=O)CNCC(=O)O.CNC(=O)CC[C@H](NC(=O)CCCCCCCCCCCCCCCCC(=O)O)C(=O)O. The summed E-state index contributed by atoms with van der Waals surface area (Å²) >= 11 is 0. The van der Waals surface area contributed by atoms with Crippen LogP contribution in [0.4, 0.5) is 0 Å². The first-order valence-electron chi connectivity index (χ1n) is 27.6. The van der Waals surface area contributed by atoms with Crippen LogP contribution in [0.5, 0.6) is 0 Å². The van der Waals surface area contributed by atoms with E-state index in [0.717, 1.165) is 51.4 Å². The number of carboxylic acids is 3. The topological polar surface area (TPSA) is 366 Å². The number of hydrogen-bond acceptors (Lipinski definition) is 16. The van der Waals surface area contributed by atoms with E-state index in [1.165, 1.54) is 58.3 Å². The van der Waals surface area contributed by atoms with Crippen molar-refractivity contribution in [1.29, 1.82) is 0 Å². The minimum absolute atomic E-state index is 0.0415. The first kappa shape index (κ1) is 71.6. The van der Waals surface area contributed by atoms with E-state index in [1.807, 2.05) is 6.92 Å². The molecule has 0 saturated heterocycles. The van der Waals surface area contributed by atoms with Crippen LogP contribution in [0.15, 0.2) is 12.5 Å². The maximum absolute atomic E-state index is 12.7. The van der Waals surface area contributed by atoms with Gasteiger partial charge in [-0.3, -0.25) is 38.4 Å². The highest BCUT2D eigenvalue weighted by atomic mass is 16.5. The van der Waals surface area contributed by atoms with Crippen LogP contribution in [0, 0.1) is 5.92 Å². The number of H-pyrrole nitrogens is 1. The van der Waals surface area contributed by atoms with Crippen molar-refractivity contribution in [1.82, 2.24) is 36.6 Å². The first-order valence-corrected chi connectivity index (χ1v) is 27.6. The van der Waals surface area contributed by atoms with Gasteiger partial charge in [-0.15, -0.1) is 0 Å². The van der Waals surface area contributed by atoms with E-state index in [2.05, 4.69) is 36.6 Å². The molecular weight excluding hydrogens is 1000 g/mol. The van der Waals surface area contributed by atoms with E-state index in [-0.39, 0.29) is 100 Å². The number of aliphatic carboxylic acids is 3. The second-order valence-corrected chi connectivity index (χ2v) is 18.8. The Morgan fingerprint density at radius 3 is 1.65 bits per heavy atom. The Kier molecular flexibility index (Phi) is 46.6. The molecule has 0 aliphatic carbocycles. The fraction of sp³-hybridized carbons (Fsp3) is 0.774. The van der Waals surface area contributed by atoms with Crippen LogP contribution in [-0.2, 0) is 68.5 Å². The second kappa shape index (κ2) is 50.1. The van der Waals surface area contributed by atoms with Gasteiger partial charge in [0.25, 0.3) is 0 Å². The fourth-order valence-corrected chi connectivity index (χ4v) is 7.58. The lowest BCUT2D eigenvalue weighted by molar-refractivity contribution is -0.142. The molecular formula is C53H94N8O16. The molecule has 1 rings (SSSR count). The van der Waals surface area contributed by atoms with Gasteiger partial charge in [0.1, 0.15) is 25.0 Å². The van der Waals surface area contributed by atoms with Crippen molar-refractivity contribution in [2.24, 2.45) is 11.7 Å². The third kappa shape index (κ3) is 46.4. The van der Waals surface area contributed by atoms with Gasteiger partial charge in [-0.1, -0.05) is 90.4 Å². The number of ether oxygens (including phenoxy) is 4. The number of nitrogens with two attached hydrogens (primary N) is 1. The lowest BCUT2D eigenvalue weighted by atomic mass is 9.89. The average molecular weight is 1100 g/mol. The summed E-state index contributed by atoms with van der Waals surface area (Å²) in [5, 5.41) is 39.5. The molecule has 11 N–H and O–H groups in total. The third-order valence-electron chi connectivity index (χ3n) is 11.9. The van der Waals surface area contributed by atoms with Gasteiger partial charge in [-0.05, 0) is 38.5 Å². The van der Waals surface area contributed by atoms with Gasteiger partial charge in [0.2, 0.25) is 23.6 Å². The highest BCUT2D eigenvalue weighted by Gasteiger charge is 2.25. The summed E-state index contributed by atoms with van der Waals surface area (Å²) in [6.45, 7) is 4.22. The Morgan fingerprint density at radius 1 is 0.584 bits per heavy atom. The highest BCUT2D eigenvalue weighted by molar-refractivity contribution is 5.91. The number of aromatic nitrogens is 2. The molecule has 0 aliphatic heterocycles. The van der Waals surface area contributed by atoms with Crippen LogP contribution in [0.2, 0.25) is 0 Å². The summed E-state index contributed by atoms with van der Waals surface area (Å²) in [6, 6.07) is -1.82. The number of aromatic amines is 1. The second-order valence-electron chi connectivity index (χ2n) is 18.8. The number of imidazole rings is 1. The normalized spacial score (nSPS) is 12.1. The monoisotopic (exact) mass is 1100 g/mol. The quantitative estimate of drug-likeness (QED) is 0.0418. The minimum Gasteiger partial charge on any atom is -0.481 e. The maximum Gasteiger partial charge on any atom is 0.326 e. The molecule has 0 aromatic carbocycles. The van der Waals surface area contributed by atoms with E-state index < -0.39 is 35.9 Å². The van der Waals surface area contributed by atoms with Crippen LogP contribution in [-0.4, -0.2) is 177 Å². The summed E-state index contributed by atoms with van der Waals surface area (Å²) < 4.78 is 21.1. The van der Waals surface area contributed by atoms with Gasteiger partial charge in [0.05, 0.1) is 58.5 Å². The number of amides is 4. The van der Waals surface area contributed by atoms with Crippen LogP contribution in [0.3, 0.4) is 0 Å². The van der Waals surface area contributed by atoms with Crippen molar-refractivity contribution in [3.05, 3.63) is 18.2 Å².